The number of halogens is 1. The van der Waals surface area contributed by atoms with Crippen LogP contribution in [0.2, 0.25) is 5.02 Å². The number of anilines is 2. The first kappa shape index (κ1) is 21.0. The van der Waals surface area contributed by atoms with Crippen LogP contribution in [0.4, 0.5) is 11.6 Å². The van der Waals surface area contributed by atoms with Gasteiger partial charge in [0.15, 0.2) is 5.16 Å². The molecule has 1 saturated heterocycles. The van der Waals surface area contributed by atoms with Gasteiger partial charge >= 0.3 is 0 Å². The number of thioether (sulfide) groups is 1. The summed E-state index contributed by atoms with van der Waals surface area (Å²) in [6.07, 6.45) is 0. The number of carbonyl (C=O) groups excluding carboxylic acids is 1. The van der Waals surface area contributed by atoms with Crippen molar-refractivity contribution in [2.75, 3.05) is 42.3 Å². The van der Waals surface area contributed by atoms with Gasteiger partial charge in [-0.25, -0.2) is 0 Å². The summed E-state index contributed by atoms with van der Waals surface area (Å²) in [5.41, 5.74) is 1.67. The number of ether oxygens (including phenoxy) is 1. The average Bonchev–Trinajstić information content (AvgIpc) is 3.05. The summed E-state index contributed by atoms with van der Waals surface area (Å²) in [7, 11) is 0. The molecule has 2 heterocycles. The minimum Gasteiger partial charge on any atom is -0.378 e. The molecule has 0 aliphatic carbocycles. The molecule has 7 nitrogen and oxygen atoms in total. The van der Waals surface area contributed by atoms with E-state index in [0.29, 0.717) is 29.8 Å². The summed E-state index contributed by atoms with van der Waals surface area (Å²) in [6.45, 7) is 10.1. The molecule has 1 aliphatic rings. The zero-order valence-corrected chi connectivity index (χ0v) is 18.0. The lowest BCUT2D eigenvalue weighted by atomic mass is 10.2. The number of nitrogens with zero attached hydrogens (tertiary/aromatic N) is 4. The van der Waals surface area contributed by atoms with E-state index in [2.05, 4.69) is 38.8 Å². The van der Waals surface area contributed by atoms with Crippen LogP contribution >= 0.6 is 23.4 Å². The van der Waals surface area contributed by atoms with Crippen LogP contribution in [0.1, 0.15) is 19.4 Å². The van der Waals surface area contributed by atoms with E-state index in [0.717, 1.165) is 36.3 Å². The first-order valence-electron chi connectivity index (χ1n) is 9.38. The van der Waals surface area contributed by atoms with Crippen molar-refractivity contribution < 1.29 is 9.53 Å². The number of rotatable bonds is 7. The SMILES string of the molecule is Cc1ccc(NC(=O)CSc2nnc(N3CCOCC3)n2CC(C)C)c(Cl)c1. The normalized spacial score (nSPS) is 14.5. The fraction of sp³-hybridized carbons (Fsp3) is 0.526. The number of aryl methyl sites for hydroxylation is 1. The van der Waals surface area contributed by atoms with Crippen LogP contribution in [0.5, 0.6) is 0 Å². The fourth-order valence-corrected chi connectivity index (χ4v) is 3.97. The molecule has 152 valence electrons. The molecule has 1 aromatic heterocycles. The Morgan fingerprint density at radius 3 is 2.75 bits per heavy atom. The van der Waals surface area contributed by atoms with Crippen molar-refractivity contribution >= 4 is 40.9 Å². The summed E-state index contributed by atoms with van der Waals surface area (Å²) >= 11 is 7.59. The lowest BCUT2D eigenvalue weighted by Gasteiger charge is -2.28. The van der Waals surface area contributed by atoms with Gasteiger partial charge in [0, 0.05) is 19.6 Å². The minimum atomic E-state index is -0.122. The Bertz CT molecular complexity index is 821. The fourth-order valence-electron chi connectivity index (χ4n) is 2.95. The van der Waals surface area contributed by atoms with Crippen LogP contribution in [-0.4, -0.2) is 52.7 Å². The Hall–Kier alpha value is -1.77. The Kier molecular flexibility index (Phi) is 7.20. The number of benzene rings is 1. The molecule has 0 radical (unpaired) electrons. The lowest BCUT2D eigenvalue weighted by Crippen LogP contribution is -2.38. The topological polar surface area (TPSA) is 72.3 Å². The Morgan fingerprint density at radius 2 is 2.07 bits per heavy atom. The highest BCUT2D eigenvalue weighted by atomic mass is 35.5. The molecule has 0 spiro atoms. The highest BCUT2D eigenvalue weighted by Crippen LogP contribution is 2.26. The Morgan fingerprint density at radius 1 is 1.32 bits per heavy atom. The number of amides is 1. The monoisotopic (exact) mass is 423 g/mol. The summed E-state index contributed by atoms with van der Waals surface area (Å²) in [5, 5.41) is 12.9. The van der Waals surface area contributed by atoms with E-state index in [1.807, 2.05) is 25.1 Å². The first-order chi connectivity index (χ1) is 13.4. The van der Waals surface area contributed by atoms with Gasteiger partial charge in [0.2, 0.25) is 11.9 Å². The van der Waals surface area contributed by atoms with E-state index >= 15 is 0 Å². The van der Waals surface area contributed by atoms with Gasteiger partial charge in [0.1, 0.15) is 0 Å². The number of aromatic nitrogens is 3. The minimum absolute atomic E-state index is 0.122. The largest absolute Gasteiger partial charge is 0.378 e. The smallest absolute Gasteiger partial charge is 0.234 e. The maximum atomic E-state index is 12.4. The van der Waals surface area contributed by atoms with Crippen LogP contribution in [-0.2, 0) is 16.1 Å². The van der Waals surface area contributed by atoms with Gasteiger partial charge in [-0.2, -0.15) is 0 Å². The zero-order chi connectivity index (χ0) is 20.1. The second-order valence-corrected chi connectivity index (χ2v) is 8.56. The molecule has 0 bridgehead atoms. The predicted octanol–water partition coefficient (Wildman–Crippen LogP) is 3.46. The highest BCUT2D eigenvalue weighted by molar-refractivity contribution is 7.99. The number of hydrogen-bond donors (Lipinski definition) is 1. The second-order valence-electron chi connectivity index (χ2n) is 7.21. The molecule has 28 heavy (non-hydrogen) atoms. The number of morpholine rings is 1. The van der Waals surface area contributed by atoms with Crippen LogP contribution < -0.4 is 10.2 Å². The standard InChI is InChI=1S/C19H26ClN5O2S/c1-13(2)11-25-18(24-6-8-27-9-7-24)22-23-19(25)28-12-17(26)21-16-5-4-14(3)10-15(16)20/h4-5,10,13H,6-9,11-12H2,1-3H3,(H,21,26). The van der Waals surface area contributed by atoms with Gasteiger partial charge in [-0.3, -0.25) is 9.36 Å². The van der Waals surface area contributed by atoms with Crippen molar-refractivity contribution in [3.05, 3.63) is 28.8 Å². The molecule has 0 unspecified atom stereocenters. The first-order valence-corrected chi connectivity index (χ1v) is 10.7. The molecule has 1 aliphatic heterocycles. The van der Waals surface area contributed by atoms with E-state index in [4.69, 9.17) is 16.3 Å². The quantitative estimate of drug-likeness (QED) is 0.687. The maximum absolute atomic E-state index is 12.4. The van der Waals surface area contributed by atoms with Crippen molar-refractivity contribution in [3.63, 3.8) is 0 Å². The number of carbonyl (C=O) groups is 1. The summed E-state index contributed by atoms with van der Waals surface area (Å²) < 4.78 is 7.54. The van der Waals surface area contributed by atoms with Gasteiger partial charge in [0.05, 0.1) is 29.7 Å². The molecule has 2 aromatic rings. The Balaban J connectivity index is 1.67. The molecular weight excluding hydrogens is 398 g/mol. The number of hydrogen-bond acceptors (Lipinski definition) is 6. The molecule has 1 N–H and O–H groups in total. The molecular formula is C19H26ClN5O2S. The van der Waals surface area contributed by atoms with Gasteiger partial charge in [-0.15, -0.1) is 10.2 Å². The number of nitrogens with one attached hydrogen (secondary N) is 1. The predicted molar refractivity (Wildman–Crippen MR) is 113 cm³/mol. The van der Waals surface area contributed by atoms with Crippen LogP contribution in [0.25, 0.3) is 0 Å². The molecule has 1 amide bonds. The van der Waals surface area contributed by atoms with E-state index in [-0.39, 0.29) is 11.7 Å². The third kappa shape index (κ3) is 5.40. The molecule has 1 fully saturated rings. The van der Waals surface area contributed by atoms with Gasteiger partial charge in [-0.05, 0) is 30.5 Å². The van der Waals surface area contributed by atoms with E-state index < -0.39 is 0 Å². The van der Waals surface area contributed by atoms with Crippen molar-refractivity contribution in [1.29, 1.82) is 0 Å². The highest BCUT2D eigenvalue weighted by Gasteiger charge is 2.21. The second kappa shape index (κ2) is 9.62. The van der Waals surface area contributed by atoms with Crippen LogP contribution in [0.15, 0.2) is 23.4 Å². The lowest BCUT2D eigenvalue weighted by molar-refractivity contribution is -0.113. The molecule has 0 atom stereocenters. The molecule has 3 rings (SSSR count). The van der Waals surface area contributed by atoms with Gasteiger partial charge in [0.25, 0.3) is 0 Å². The maximum Gasteiger partial charge on any atom is 0.234 e. The zero-order valence-electron chi connectivity index (χ0n) is 16.4. The van der Waals surface area contributed by atoms with Gasteiger partial charge in [-0.1, -0.05) is 43.3 Å². The van der Waals surface area contributed by atoms with E-state index in [1.165, 1.54) is 11.8 Å². The van der Waals surface area contributed by atoms with Crippen molar-refractivity contribution in [3.8, 4) is 0 Å². The van der Waals surface area contributed by atoms with Crippen molar-refractivity contribution in [2.45, 2.75) is 32.5 Å². The van der Waals surface area contributed by atoms with Crippen molar-refractivity contribution in [2.24, 2.45) is 5.92 Å². The van der Waals surface area contributed by atoms with Gasteiger partial charge < -0.3 is 15.0 Å². The summed E-state index contributed by atoms with van der Waals surface area (Å²) in [4.78, 5) is 14.6. The van der Waals surface area contributed by atoms with Crippen LogP contribution in [0.3, 0.4) is 0 Å². The third-order valence-electron chi connectivity index (χ3n) is 4.27. The molecule has 9 heteroatoms. The molecule has 1 aromatic carbocycles. The van der Waals surface area contributed by atoms with Crippen molar-refractivity contribution in [1.82, 2.24) is 14.8 Å². The van der Waals surface area contributed by atoms with Crippen LogP contribution in [0, 0.1) is 12.8 Å². The van der Waals surface area contributed by atoms with E-state index in [9.17, 15) is 4.79 Å². The van der Waals surface area contributed by atoms with E-state index in [1.54, 1.807) is 0 Å². The molecule has 0 saturated carbocycles. The average molecular weight is 424 g/mol. The summed E-state index contributed by atoms with van der Waals surface area (Å²) in [5.74, 6) is 1.41. The third-order valence-corrected chi connectivity index (χ3v) is 5.55. The summed E-state index contributed by atoms with van der Waals surface area (Å²) in [6, 6.07) is 5.57. The Labute approximate surface area is 174 Å².